The molecule has 0 aromatic carbocycles. The van der Waals surface area contributed by atoms with Crippen LogP contribution in [0, 0.1) is 11.8 Å². The van der Waals surface area contributed by atoms with E-state index in [9.17, 15) is 4.79 Å². The van der Waals surface area contributed by atoms with Gasteiger partial charge in [-0.15, -0.1) is 0 Å². The molecular weight excluding hydrogens is 160 g/mol. The minimum atomic E-state index is 0.235. The third-order valence-electron chi connectivity index (χ3n) is 2.04. The Hall–Kier alpha value is -0.590. The van der Waals surface area contributed by atoms with Crippen LogP contribution in [0.4, 0.5) is 0 Å². The SMILES string of the molecule is CC(C)C/C=C\CCC[C@H](C)C=O. The van der Waals surface area contributed by atoms with E-state index in [1.165, 1.54) is 6.42 Å². The summed E-state index contributed by atoms with van der Waals surface area (Å²) in [5, 5.41) is 0. The average molecular weight is 182 g/mol. The summed E-state index contributed by atoms with van der Waals surface area (Å²) in [5.41, 5.74) is 0. The second kappa shape index (κ2) is 8.03. The van der Waals surface area contributed by atoms with Crippen molar-refractivity contribution in [2.24, 2.45) is 11.8 Å². The van der Waals surface area contributed by atoms with Crippen LogP contribution in [-0.2, 0) is 4.79 Å². The van der Waals surface area contributed by atoms with Gasteiger partial charge in [0, 0.05) is 5.92 Å². The van der Waals surface area contributed by atoms with Gasteiger partial charge in [0.25, 0.3) is 0 Å². The van der Waals surface area contributed by atoms with Gasteiger partial charge in [0.1, 0.15) is 6.29 Å². The molecule has 0 unspecified atom stereocenters. The van der Waals surface area contributed by atoms with Crippen molar-refractivity contribution in [1.29, 1.82) is 0 Å². The van der Waals surface area contributed by atoms with E-state index in [4.69, 9.17) is 0 Å². The molecule has 0 spiro atoms. The van der Waals surface area contributed by atoms with E-state index in [-0.39, 0.29) is 5.92 Å². The highest BCUT2D eigenvalue weighted by atomic mass is 16.1. The molecule has 0 aromatic heterocycles. The van der Waals surface area contributed by atoms with E-state index in [0.717, 1.165) is 31.5 Å². The molecule has 0 saturated heterocycles. The quantitative estimate of drug-likeness (QED) is 0.334. The first kappa shape index (κ1) is 12.4. The number of rotatable bonds is 7. The zero-order chi connectivity index (χ0) is 10.1. The van der Waals surface area contributed by atoms with Crippen LogP contribution < -0.4 is 0 Å². The summed E-state index contributed by atoms with van der Waals surface area (Å²) in [6.07, 6.45) is 9.96. The van der Waals surface area contributed by atoms with Gasteiger partial charge in [-0.2, -0.15) is 0 Å². The number of carbonyl (C=O) groups is 1. The Bertz CT molecular complexity index is 147. The molecule has 0 saturated carbocycles. The van der Waals surface area contributed by atoms with Crippen molar-refractivity contribution >= 4 is 6.29 Å². The number of hydrogen-bond donors (Lipinski definition) is 0. The molecule has 0 aliphatic rings. The molecule has 0 aliphatic heterocycles. The van der Waals surface area contributed by atoms with Crippen molar-refractivity contribution in [3.8, 4) is 0 Å². The molecule has 0 heterocycles. The van der Waals surface area contributed by atoms with E-state index in [0.29, 0.717) is 0 Å². The molecular formula is C12H22O. The van der Waals surface area contributed by atoms with Gasteiger partial charge in [0.15, 0.2) is 0 Å². The molecule has 0 rings (SSSR count). The molecule has 0 radical (unpaired) electrons. The third-order valence-corrected chi connectivity index (χ3v) is 2.04. The summed E-state index contributed by atoms with van der Waals surface area (Å²) < 4.78 is 0. The van der Waals surface area contributed by atoms with Crippen LogP contribution >= 0.6 is 0 Å². The fraction of sp³-hybridized carbons (Fsp3) is 0.750. The van der Waals surface area contributed by atoms with Crippen molar-refractivity contribution in [2.75, 3.05) is 0 Å². The van der Waals surface area contributed by atoms with Gasteiger partial charge < -0.3 is 4.79 Å². The Balaban J connectivity index is 3.24. The fourth-order valence-corrected chi connectivity index (χ4v) is 1.11. The Labute approximate surface area is 82.2 Å². The molecule has 0 bridgehead atoms. The van der Waals surface area contributed by atoms with Crippen LogP contribution in [-0.4, -0.2) is 6.29 Å². The Morgan fingerprint density at radius 2 is 1.85 bits per heavy atom. The van der Waals surface area contributed by atoms with Crippen molar-refractivity contribution in [3.05, 3.63) is 12.2 Å². The summed E-state index contributed by atoms with van der Waals surface area (Å²) in [5.74, 6) is 0.989. The number of allylic oxidation sites excluding steroid dienone is 2. The first-order valence-corrected chi connectivity index (χ1v) is 5.27. The van der Waals surface area contributed by atoms with Crippen LogP contribution in [0.5, 0.6) is 0 Å². The average Bonchev–Trinajstić information content (AvgIpc) is 2.10. The maximum Gasteiger partial charge on any atom is 0.122 e. The topological polar surface area (TPSA) is 17.1 Å². The van der Waals surface area contributed by atoms with Crippen molar-refractivity contribution < 1.29 is 4.79 Å². The maximum absolute atomic E-state index is 10.3. The summed E-state index contributed by atoms with van der Waals surface area (Å²) in [7, 11) is 0. The van der Waals surface area contributed by atoms with Crippen molar-refractivity contribution in [1.82, 2.24) is 0 Å². The smallest absolute Gasteiger partial charge is 0.122 e. The van der Waals surface area contributed by atoms with Gasteiger partial charge >= 0.3 is 0 Å². The van der Waals surface area contributed by atoms with Gasteiger partial charge in [-0.25, -0.2) is 0 Å². The lowest BCUT2D eigenvalue weighted by Crippen LogP contribution is -1.94. The van der Waals surface area contributed by atoms with Gasteiger partial charge in [0.2, 0.25) is 0 Å². The van der Waals surface area contributed by atoms with Gasteiger partial charge in [0.05, 0.1) is 0 Å². The second-order valence-electron chi connectivity index (χ2n) is 4.15. The predicted molar refractivity (Wildman–Crippen MR) is 57.7 cm³/mol. The summed E-state index contributed by atoms with van der Waals surface area (Å²) in [6.45, 7) is 6.42. The highest BCUT2D eigenvalue weighted by molar-refractivity contribution is 5.52. The minimum Gasteiger partial charge on any atom is -0.303 e. The predicted octanol–water partition coefficient (Wildman–Crippen LogP) is 3.59. The molecule has 1 atom stereocenters. The van der Waals surface area contributed by atoms with E-state index in [1.807, 2.05) is 6.92 Å². The molecule has 76 valence electrons. The van der Waals surface area contributed by atoms with Crippen LogP contribution in [0.25, 0.3) is 0 Å². The van der Waals surface area contributed by atoms with Crippen LogP contribution in [0.2, 0.25) is 0 Å². The van der Waals surface area contributed by atoms with Crippen LogP contribution in [0.1, 0.15) is 46.5 Å². The molecule has 0 aliphatic carbocycles. The summed E-state index contributed by atoms with van der Waals surface area (Å²) in [4.78, 5) is 10.3. The van der Waals surface area contributed by atoms with Gasteiger partial charge in [-0.3, -0.25) is 0 Å². The standard InChI is InChI=1S/C12H22O/c1-11(2)8-6-4-5-7-9-12(3)10-13/h4,6,10-12H,5,7-9H2,1-3H3/b6-4-/t12-/m0/s1. The monoisotopic (exact) mass is 182 g/mol. The maximum atomic E-state index is 10.3. The van der Waals surface area contributed by atoms with Crippen LogP contribution in [0.3, 0.4) is 0 Å². The van der Waals surface area contributed by atoms with Gasteiger partial charge in [-0.05, 0) is 31.6 Å². The second-order valence-corrected chi connectivity index (χ2v) is 4.15. The number of aldehydes is 1. The largest absolute Gasteiger partial charge is 0.303 e. The zero-order valence-electron chi connectivity index (χ0n) is 9.12. The summed E-state index contributed by atoms with van der Waals surface area (Å²) in [6, 6.07) is 0. The zero-order valence-corrected chi connectivity index (χ0v) is 9.12. The van der Waals surface area contributed by atoms with Crippen molar-refractivity contribution in [2.45, 2.75) is 46.5 Å². The van der Waals surface area contributed by atoms with E-state index in [1.54, 1.807) is 0 Å². The van der Waals surface area contributed by atoms with E-state index in [2.05, 4.69) is 26.0 Å². The van der Waals surface area contributed by atoms with Crippen molar-refractivity contribution in [3.63, 3.8) is 0 Å². The molecule has 13 heavy (non-hydrogen) atoms. The van der Waals surface area contributed by atoms with E-state index >= 15 is 0 Å². The molecule has 0 amide bonds. The minimum absolute atomic E-state index is 0.235. The normalized spacial score (nSPS) is 13.8. The lowest BCUT2D eigenvalue weighted by atomic mass is 10.1. The van der Waals surface area contributed by atoms with Crippen LogP contribution in [0.15, 0.2) is 12.2 Å². The van der Waals surface area contributed by atoms with E-state index < -0.39 is 0 Å². The summed E-state index contributed by atoms with van der Waals surface area (Å²) >= 11 is 0. The number of hydrogen-bond acceptors (Lipinski definition) is 1. The molecule has 1 nitrogen and oxygen atoms in total. The number of unbranched alkanes of at least 4 members (excludes halogenated alkanes) is 1. The first-order valence-electron chi connectivity index (χ1n) is 5.27. The fourth-order valence-electron chi connectivity index (χ4n) is 1.11. The third kappa shape index (κ3) is 9.32. The molecule has 1 heteroatoms. The Morgan fingerprint density at radius 1 is 1.15 bits per heavy atom. The lowest BCUT2D eigenvalue weighted by Gasteiger charge is -2.00. The molecule has 0 N–H and O–H groups in total. The number of carbonyl (C=O) groups excluding carboxylic acids is 1. The van der Waals surface area contributed by atoms with Gasteiger partial charge in [-0.1, -0.05) is 32.9 Å². The lowest BCUT2D eigenvalue weighted by molar-refractivity contribution is -0.110. The highest BCUT2D eigenvalue weighted by Crippen LogP contribution is 2.06. The molecule has 0 fully saturated rings. The molecule has 0 aromatic rings. The highest BCUT2D eigenvalue weighted by Gasteiger charge is 1.96. The first-order chi connectivity index (χ1) is 6.16. The Morgan fingerprint density at radius 3 is 2.38 bits per heavy atom. The Kier molecular flexibility index (Phi) is 7.66.